The van der Waals surface area contributed by atoms with E-state index >= 15 is 0 Å². The van der Waals surface area contributed by atoms with Crippen molar-refractivity contribution in [1.82, 2.24) is 10.5 Å². The summed E-state index contributed by atoms with van der Waals surface area (Å²) in [6.45, 7) is 2.21. The molecule has 0 saturated heterocycles. The molecule has 2 aliphatic rings. The van der Waals surface area contributed by atoms with Crippen LogP contribution in [0.25, 0.3) is 0 Å². The van der Waals surface area contributed by atoms with E-state index in [0.29, 0.717) is 27.6 Å². The second-order valence-electron chi connectivity index (χ2n) is 7.63. The van der Waals surface area contributed by atoms with Gasteiger partial charge in [-0.2, -0.15) is 0 Å². The lowest BCUT2D eigenvalue weighted by atomic mass is 10.1. The van der Waals surface area contributed by atoms with Crippen LogP contribution in [0.3, 0.4) is 0 Å². The van der Waals surface area contributed by atoms with E-state index in [-0.39, 0.29) is 23.6 Å². The van der Waals surface area contributed by atoms with Crippen LogP contribution in [0.1, 0.15) is 71.6 Å². The van der Waals surface area contributed by atoms with Gasteiger partial charge in [0.15, 0.2) is 5.69 Å². The average molecular weight is 432 g/mol. The first-order valence-electron chi connectivity index (χ1n) is 9.38. The first-order chi connectivity index (χ1) is 13.0. The van der Waals surface area contributed by atoms with Gasteiger partial charge < -0.3 is 15.2 Å². The number of hydrogen-bond donors (Lipinski definition) is 2. The van der Waals surface area contributed by atoms with Crippen molar-refractivity contribution in [2.24, 2.45) is 5.92 Å². The summed E-state index contributed by atoms with van der Waals surface area (Å²) in [4.78, 5) is 24.8. The lowest BCUT2D eigenvalue weighted by Crippen LogP contribution is -2.33. The average Bonchev–Trinajstić information content (AvgIpc) is 3.21. The molecule has 142 valence electrons. The van der Waals surface area contributed by atoms with E-state index in [2.05, 4.69) is 38.6 Å². The number of aromatic nitrogens is 1. The van der Waals surface area contributed by atoms with Gasteiger partial charge in [-0.25, -0.2) is 0 Å². The van der Waals surface area contributed by atoms with Gasteiger partial charge in [0.2, 0.25) is 0 Å². The van der Waals surface area contributed by atoms with E-state index in [1.807, 2.05) is 0 Å². The molecule has 27 heavy (non-hydrogen) atoms. The summed E-state index contributed by atoms with van der Waals surface area (Å²) in [7, 11) is 0. The molecule has 2 amide bonds. The molecule has 7 heteroatoms. The Balaban J connectivity index is 1.39. The first kappa shape index (κ1) is 18.2. The second kappa shape index (κ2) is 7.46. The van der Waals surface area contributed by atoms with Gasteiger partial charge in [-0.1, -0.05) is 12.1 Å². The Kier molecular flexibility index (Phi) is 5.04. The van der Waals surface area contributed by atoms with E-state index in [1.54, 1.807) is 24.3 Å². The largest absolute Gasteiger partial charge is 0.360 e. The fourth-order valence-electron chi connectivity index (χ4n) is 3.53. The molecular weight excluding hydrogens is 410 g/mol. The Labute approximate surface area is 166 Å². The summed E-state index contributed by atoms with van der Waals surface area (Å²) in [5, 5.41) is 9.73. The molecule has 2 fully saturated rings. The quantitative estimate of drug-likeness (QED) is 0.730. The number of nitrogens with one attached hydrogen (secondary N) is 2. The van der Waals surface area contributed by atoms with Crippen molar-refractivity contribution in [2.75, 3.05) is 5.32 Å². The van der Waals surface area contributed by atoms with Crippen LogP contribution < -0.4 is 10.6 Å². The lowest BCUT2D eigenvalue weighted by molar-refractivity contribution is 0.0936. The Morgan fingerprint density at radius 2 is 1.96 bits per heavy atom. The number of hydrogen-bond acceptors (Lipinski definition) is 4. The molecule has 0 aliphatic heterocycles. The summed E-state index contributed by atoms with van der Waals surface area (Å²) in [5.74, 6) is 1.43. The smallest absolute Gasteiger partial charge is 0.277 e. The van der Waals surface area contributed by atoms with Gasteiger partial charge in [0.05, 0.1) is 5.56 Å². The third-order valence-electron chi connectivity index (χ3n) is 5.24. The minimum absolute atomic E-state index is 0.0931. The van der Waals surface area contributed by atoms with Gasteiger partial charge in [0, 0.05) is 28.2 Å². The normalized spacial score (nSPS) is 21.9. The van der Waals surface area contributed by atoms with Crippen LogP contribution in [0.2, 0.25) is 0 Å². The molecule has 2 saturated carbocycles. The molecule has 2 atom stereocenters. The van der Waals surface area contributed by atoms with Crippen LogP contribution in [0.4, 0.5) is 5.69 Å². The fraction of sp³-hybridized carbons (Fsp3) is 0.450. The highest BCUT2D eigenvalue weighted by atomic mass is 79.9. The van der Waals surface area contributed by atoms with Crippen LogP contribution in [0.5, 0.6) is 0 Å². The van der Waals surface area contributed by atoms with Crippen LogP contribution in [-0.2, 0) is 0 Å². The maximum atomic E-state index is 12.5. The molecule has 2 aliphatic carbocycles. The fourth-order valence-corrected chi connectivity index (χ4v) is 4.09. The van der Waals surface area contributed by atoms with Crippen LogP contribution in [-0.4, -0.2) is 23.0 Å². The molecular formula is C20H22BrN3O3. The highest BCUT2D eigenvalue weighted by Crippen LogP contribution is 2.40. The molecule has 2 N–H and O–H groups in total. The van der Waals surface area contributed by atoms with E-state index < -0.39 is 0 Å². The number of anilines is 1. The summed E-state index contributed by atoms with van der Waals surface area (Å²) < 4.78 is 5.86. The molecule has 0 bridgehead atoms. The maximum absolute atomic E-state index is 12.5. The Morgan fingerprint density at radius 3 is 2.63 bits per heavy atom. The monoisotopic (exact) mass is 431 g/mol. The molecule has 1 aromatic carbocycles. The number of carbonyl (C=O) groups excluding carboxylic acids is 2. The standard InChI is InChI=1S/C20H22BrN3O3/c1-11-2-5-13(8-11)22-19(25)15-7-6-14(9-16(15)21)23-20(26)17-10-18(27-24-17)12-3-4-12/h6-7,9-13H,2-5,8H2,1H3,(H,22,25)(H,23,26). The summed E-state index contributed by atoms with van der Waals surface area (Å²) >= 11 is 3.44. The van der Waals surface area contributed by atoms with Gasteiger partial charge in [-0.05, 0) is 72.2 Å². The van der Waals surface area contributed by atoms with Crippen LogP contribution >= 0.6 is 15.9 Å². The molecule has 2 unspecified atom stereocenters. The number of rotatable bonds is 5. The number of halogens is 1. The number of carbonyl (C=O) groups is 2. The second-order valence-corrected chi connectivity index (χ2v) is 8.48. The van der Waals surface area contributed by atoms with Crippen molar-refractivity contribution in [3.05, 3.63) is 45.8 Å². The van der Waals surface area contributed by atoms with E-state index in [0.717, 1.165) is 37.9 Å². The van der Waals surface area contributed by atoms with Gasteiger partial charge in [-0.3, -0.25) is 9.59 Å². The predicted octanol–water partition coefficient (Wildman–Crippen LogP) is 4.49. The molecule has 6 nitrogen and oxygen atoms in total. The zero-order valence-electron chi connectivity index (χ0n) is 15.1. The molecule has 1 aromatic heterocycles. The molecule has 0 radical (unpaired) electrons. The SMILES string of the molecule is CC1CCC(NC(=O)c2ccc(NC(=O)c3cc(C4CC4)on3)cc2Br)C1. The molecule has 1 heterocycles. The van der Waals surface area contributed by atoms with Gasteiger partial charge in [-0.15, -0.1) is 0 Å². The molecule has 4 rings (SSSR count). The van der Waals surface area contributed by atoms with Crippen molar-refractivity contribution >= 4 is 33.4 Å². The zero-order chi connectivity index (χ0) is 19.0. The lowest BCUT2D eigenvalue weighted by Gasteiger charge is -2.14. The minimum Gasteiger partial charge on any atom is -0.360 e. The number of benzene rings is 1. The summed E-state index contributed by atoms with van der Waals surface area (Å²) in [5.41, 5.74) is 1.42. The van der Waals surface area contributed by atoms with Gasteiger partial charge in [0.1, 0.15) is 5.76 Å². The van der Waals surface area contributed by atoms with E-state index in [1.165, 1.54) is 0 Å². The van der Waals surface area contributed by atoms with Crippen molar-refractivity contribution in [3.63, 3.8) is 0 Å². The Hall–Kier alpha value is -2.15. The Bertz CT molecular complexity index is 875. The van der Waals surface area contributed by atoms with Crippen molar-refractivity contribution < 1.29 is 14.1 Å². The molecule has 2 aromatic rings. The predicted molar refractivity (Wildman–Crippen MR) is 105 cm³/mol. The zero-order valence-corrected chi connectivity index (χ0v) is 16.7. The first-order valence-corrected chi connectivity index (χ1v) is 10.2. The van der Waals surface area contributed by atoms with Crippen LogP contribution in [0.15, 0.2) is 33.3 Å². The van der Waals surface area contributed by atoms with Crippen molar-refractivity contribution in [2.45, 2.75) is 51.0 Å². The minimum atomic E-state index is -0.324. The van der Waals surface area contributed by atoms with E-state index in [4.69, 9.17) is 4.52 Å². The third kappa shape index (κ3) is 4.24. The topological polar surface area (TPSA) is 84.2 Å². The summed E-state index contributed by atoms with van der Waals surface area (Å²) in [6.07, 6.45) is 5.39. The number of nitrogens with zero attached hydrogens (tertiary/aromatic N) is 1. The van der Waals surface area contributed by atoms with Gasteiger partial charge in [0.25, 0.3) is 11.8 Å². The van der Waals surface area contributed by atoms with E-state index in [9.17, 15) is 9.59 Å². The van der Waals surface area contributed by atoms with Crippen LogP contribution in [0, 0.1) is 5.92 Å². The Morgan fingerprint density at radius 1 is 1.15 bits per heavy atom. The third-order valence-corrected chi connectivity index (χ3v) is 5.90. The van der Waals surface area contributed by atoms with Crippen molar-refractivity contribution in [3.8, 4) is 0 Å². The summed E-state index contributed by atoms with van der Waals surface area (Å²) in [6, 6.07) is 7.10. The highest BCUT2D eigenvalue weighted by molar-refractivity contribution is 9.10. The number of amides is 2. The highest BCUT2D eigenvalue weighted by Gasteiger charge is 2.29. The molecule has 0 spiro atoms. The maximum Gasteiger partial charge on any atom is 0.277 e. The van der Waals surface area contributed by atoms with Crippen molar-refractivity contribution in [1.29, 1.82) is 0 Å². The van der Waals surface area contributed by atoms with Gasteiger partial charge >= 0.3 is 0 Å².